The third-order valence-corrected chi connectivity index (χ3v) is 4.10. The van der Waals surface area contributed by atoms with Crippen LogP contribution in [-0.4, -0.2) is 19.8 Å². The van der Waals surface area contributed by atoms with E-state index in [4.69, 9.17) is 5.11 Å². The smallest absolute Gasteiger partial charge is 0.177 e. The van der Waals surface area contributed by atoms with Gasteiger partial charge in [-0.25, -0.2) is 8.42 Å². The summed E-state index contributed by atoms with van der Waals surface area (Å²) < 4.78 is 23.4. The molecular formula is C15H17NO3S. The fraction of sp³-hybridized carbons (Fsp3) is 0.200. The Morgan fingerprint density at radius 3 is 2.45 bits per heavy atom. The number of aliphatic hydroxyl groups is 1. The van der Waals surface area contributed by atoms with Gasteiger partial charge in [0.1, 0.15) is 0 Å². The monoisotopic (exact) mass is 291 g/mol. The average Bonchev–Trinajstić information content (AvgIpc) is 2.44. The molecule has 2 aromatic carbocycles. The summed E-state index contributed by atoms with van der Waals surface area (Å²) in [5.41, 5.74) is 2.41. The molecule has 5 heteroatoms. The Balaban J connectivity index is 2.19. The van der Waals surface area contributed by atoms with Gasteiger partial charge in [0.05, 0.1) is 17.2 Å². The number of rotatable bonds is 5. The zero-order valence-corrected chi connectivity index (χ0v) is 12.0. The SMILES string of the molecule is CS(=O)(=O)c1ccccc1NCc1cccc(CO)c1. The summed E-state index contributed by atoms with van der Waals surface area (Å²) in [7, 11) is -3.25. The van der Waals surface area contributed by atoms with E-state index in [1.807, 2.05) is 24.3 Å². The molecule has 0 atom stereocenters. The highest BCUT2D eigenvalue weighted by atomic mass is 32.2. The highest BCUT2D eigenvalue weighted by molar-refractivity contribution is 7.90. The molecule has 0 bridgehead atoms. The van der Waals surface area contributed by atoms with Crippen molar-refractivity contribution < 1.29 is 13.5 Å². The quantitative estimate of drug-likeness (QED) is 0.886. The molecule has 0 aliphatic rings. The van der Waals surface area contributed by atoms with Gasteiger partial charge in [-0.1, -0.05) is 36.4 Å². The molecule has 0 aliphatic heterocycles. The van der Waals surface area contributed by atoms with E-state index in [0.717, 1.165) is 11.1 Å². The second-order valence-electron chi connectivity index (χ2n) is 4.60. The van der Waals surface area contributed by atoms with Crippen LogP contribution in [0.3, 0.4) is 0 Å². The fourth-order valence-corrected chi connectivity index (χ4v) is 2.84. The van der Waals surface area contributed by atoms with Crippen molar-refractivity contribution in [3.8, 4) is 0 Å². The first kappa shape index (κ1) is 14.6. The summed E-state index contributed by atoms with van der Waals surface area (Å²) in [5.74, 6) is 0. The van der Waals surface area contributed by atoms with E-state index >= 15 is 0 Å². The minimum atomic E-state index is -3.25. The van der Waals surface area contributed by atoms with Gasteiger partial charge in [0, 0.05) is 12.8 Å². The number of benzene rings is 2. The van der Waals surface area contributed by atoms with Gasteiger partial charge in [0.2, 0.25) is 0 Å². The number of anilines is 1. The molecule has 2 aromatic rings. The predicted molar refractivity (Wildman–Crippen MR) is 79.2 cm³/mol. The summed E-state index contributed by atoms with van der Waals surface area (Å²) in [5, 5.41) is 12.2. The largest absolute Gasteiger partial charge is 0.392 e. The van der Waals surface area contributed by atoms with Gasteiger partial charge in [-0.3, -0.25) is 0 Å². The van der Waals surface area contributed by atoms with Crippen LogP contribution < -0.4 is 5.32 Å². The van der Waals surface area contributed by atoms with Crippen LogP contribution in [0.4, 0.5) is 5.69 Å². The Bertz CT molecular complexity index is 696. The Kier molecular flexibility index (Phi) is 4.42. The second-order valence-corrected chi connectivity index (χ2v) is 6.58. The molecule has 0 fully saturated rings. The maximum absolute atomic E-state index is 11.7. The average molecular weight is 291 g/mol. The molecule has 0 unspecified atom stereocenters. The van der Waals surface area contributed by atoms with E-state index in [0.29, 0.717) is 17.1 Å². The molecule has 0 radical (unpaired) electrons. The van der Waals surface area contributed by atoms with E-state index in [1.165, 1.54) is 6.26 Å². The van der Waals surface area contributed by atoms with E-state index in [2.05, 4.69) is 5.32 Å². The van der Waals surface area contributed by atoms with Gasteiger partial charge in [0.15, 0.2) is 9.84 Å². The number of sulfone groups is 1. The molecule has 106 valence electrons. The second kappa shape index (κ2) is 6.07. The van der Waals surface area contributed by atoms with Crippen molar-refractivity contribution in [3.05, 3.63) is 59.7 Å². The lowest BCUT2D eigenvalue weighted by Crippen LogP contribution is -2.06. The summed E-state index contributed by atoms with van der Waals surface area (Å²) in [6.45, 7) is 0.494. The molecule has 0 heterocycles. The minimum absolute atomic E-state index is 0.00618. The van der Waals surface area contributed by atoms with Crippen molar-refractivity contribution in [2.75, 3.05) is 11.6 Å². The van der Waals surface area contributed by atoms with Crippen molar-refractivity contribution in [2.24, 2.45) is 0 Å². The molecular weight excluding hydrogens is 274 g/mol. The van der Waals surface area contributed by atoms with E-state index in [9.17, 15) is 8.42 Å². The van der Waals surface area contributed by atoms with Crippen molar-refractivity contribution in [1.29, 1.82) is 0 Å². The first-order chi connectivity index (χ1) is 9.50. The normalized spacial score (nSPS) is 11.3. The first-order valence-electron chi connectivity index (χ1n) is 6.22. The summed E-state index contributed by atoms with van der Waals surface area (Å²) in [4.78, 5) is 0.290. The third kappa shape index (κ3) is 3.59. The molecule has 2 rings (SSSR count). The van der Waals surface area contributed by atoms with Gasteiger partial charge in [-0.2, -0.15) is 0 Å². The lowest BCUT2D eigenvalue weighted by molar-refractivity contribution is 0.281. The standard InChI is InChI=1S/C15H17NO3S/c1-20(18,19)15-8-3-2-7-14(15)16-10-12-5-4-6-13(9-12)11-17/h2-9,16-17H,10-11H2,1H3. The molecule has 20 heavy (non-hydrogen) atoms. The van der Waals surface area contributed by atoms with Gasteiger partial charge in [-0.15, -0.1) is 0 Å². The molecule has 2 N–H and O–H groups in total. The molecule has 0 saturated heterocycles. The highest BCUT2D eigenvalue weighted by Crippen LogP contribution is 2.21. The van der Waals surface area contributed by atoms with Crippen molar-refractivity contribution >= 4 is 15.5 Å². The van der Waals surface area contributed by atoms with Crippen LogP contribution in [0.1, 0.15) is 11.1 Å². The number of nitrogens with one attached hydrogen (secondary N) is 1. The zero-order valence-electron chi connectivity index (χ0n) is 11.2. The predicted octanol–water partition coefficient (Wildman–Crippen LogP) is 2.19. The van der Waals surface area contributed by atoms with Gasteiger partial charge in [-0.05, 0) is 23.3 Å². The van der Waals surface area contributed by atoms with E-state index in [1.54, 1.807) is 24.3 Å². The van der Waals surface area contributed by atoms with E-state index in [-0.39, 0.29) is 6.61 Å². The van der Waals surface area contributed by atoms with Crippen LogP contribution in [0.15, 0.2) is 53.4 Å². The van der Waals surface area contributed by atoms with Crippen LogP contribution >= 0.6 is 0 Å². The van der Waals surface area contributed by atoms with Gasteiger partial charge < -0.3 is 10.4 Å². The Hall–Kier alpha value is -1.85. The maximum atomic E-state index is 11.7. The zero-order chi connectivity index (χ0) is 14.6. The molecule has 0 saturated carbocycles. The van der Waals surface area contributed by atoms with E-state index < -0.39 is 9.84 Å². The lowest BCUT2D eigenvalue weighted by atomic mass is 10.1. The molecule has 0 spiro atoms. The summed E-state index contributed by atoms with van der Waals surface area (Å²) in [6.07, 6.45) is 1.19. The van der Waals surface area contributed by atoms with Crippen LogP contribution in [-0.2, 0) is 23.0 Å². The van der Waals surface area contributed by atoms with Crippen molar-refractivity contribution in [3.63, 3.8) is 0 Å². The number of para-hydroxylation sites is 1. The van der Waals surface area contributed by atoms with Gasteiger partial charge in [0.25, 0.3) is 0 Å². The first-order valence-corrected chi connectivity index (χ1v) is 8.11. The summed E-state index contributed by atoms with van der Waals surface area (Å²) in [6, 6.07) is 14.3. The van der Waals surface area contributed by atoms with Crippen molar-refractivity contribution in [2.45, 2.75) is 18.0 Å². The molecule has 4 nitrogen and oxygen atoms in total. The van der Waals surface area contributed by atoms with Crippen LogP contribution in [0.5, 0.6) is 0 Å². The van der Waals surface area contributed by atoms with Crippen molar-refractivity contribution in [1.82, 2.24) is 0 Å². The van der Waals surface area contributed by atoms with Crippen LogP contribution in [0.25, 0.3) is 0 Å². The van der Waals surface area contributed by atoms with Crippen LogP contribution in [0.2, 0.25) is 0 Å². The Morgan fingerprint density at radius 2 is 1.75 bits per heavy atom. The van der Waals surface area contributed by atoms with Crippen LogP contribution in [0, 0.1) is 0 Å². The Labute approximate surface area is 119 Å². The fourth-order valence-electron chi connectivity index (χ4n) is 1.97. The van der Waals surface area contributed by atoms with Gasteiger partial charge >= 0.3 is 0 Å². The third-order valence-electron chi connectivity index (χ3n) is 2.94. The maximum Gasteiger partial charge on any atom is 0.177 e. The highest BCUT2D eigenvalue weighted by Gasteiger charge is 2.11. The lowest BCUT2D eigenvalue weighted by Gasteiger charge is -2.11. The molecule has 0 aromatic heterocycles. The topological polar surface area (TPSA) is 66.4 Å². The molecule has 0 aliphatic carbocycles. The number of hydrogen-bond donors (Lipinski definition) is 2. The number of aliphatic hydroxyl groups excluding tert-OH is 1. The minimum Gasteiger partial charge on any atom is -0.392 e. The Morgan fingerprint density at radius 1 is 1.05 bits per heavy atom. The number of hydrogen-bond acceptors (Lipinski definition) is 4. The summed E-state index contributed by atoms with van der Waals surface area (Å²) >= 11 is 0. The molecule has 0 amide bonds.